The maximum atomic E-state index is 9.44. The molecule has 0 aromatic heterocycles. The molecule has 24 heavy (non-hydrogen) atoms. The van der Waals surface area contributed by atoms with Crippen molar-refractivity contribution < 1.29 is 14.3 Å². The molecule has 0 aliphatic heterocycles. The monoisotopic (exact) mass is 352 g/mol. The summed E-state index contributed by atoms with van der Waals surface area (Å²) >= 11 is 0. The Bertz CT molecular complexity index is 477. The van der Waals surface area contributed by atoms with Gasteiger partial charge in [0, 0.05) is 18.6 Å². The Morgan fingerprint density at radius 1 is 1.04 bits per heavy atom. The third-order valence-corrected chi connectivity index (χ3v) is 9.65. The summed E-state index contributed by atoms with van der Waals surface area (Å²) in [5.74, 6) is 0. The van der Waals surface area contributed by atoms with Crippen molar-refractivity contribution in [3.63, 3.8) is 0 Å². The van der Waals surface area contributed by atoms with Crippen molar-refractivity contribution in [2.75, 3.05) is 13.2 Å². The molecule has 0 aliphatic rings. The molecule has 0 spiro atoms. The number of aliphatic hydroxyl groups is 1. The van der Waals surface area contributed by atoms with Crippen molar-refractivity contribution in [3.8, 4) is 0 Å². The number of benzene rings is 1. The fraction of sp³-hybridized carbons (Fsp3) is 0.700. The summed E-state index contributed by atoms with van der Waals surface area (Å²) in [7, 11) is -1.79. The van der Waals surface area contributed by atoms with E-state index in [-0.39, 0.29) is 23.2 Å². The van der Waals surface area contributed by atoms with E-state index in [1.807, 2.05) is 18.2 Å². The third-order valence-electron chi connectivity index (χ3n) is 5.17. The van der Waals surface area contributed by atoms with Gasteiger partial charge in [0.05, 0.1) is 12.7 Å². The van der Waals surface area contributed by atoms with Crippen molar-refractivity contribution in [1.82, 2.24) is 0 Å². The van der Waals surface area contributed by atoms with Gasteiger partial charge < -0.3 is 14.3 Å². The molecule has 0 aliphatic carbocycles. The standard InChI is InChI=1S/C20H36O3Si/c1-19(2,3)24(6,7)23-16-20(4,5)18(13-14-21)22-15-17-11-9-8-10-12-17/h8-12,18,21H,13-16H2,1-7H3/t18-/m0/s1. The highest BCUT2D eigenvalue weighted by Gasteiger charge is 2.40. The Balaban J connectivity index is 2.70. The van der Waals surface area contributed by atoms with Crippen LogP contribution in [0.5, 0.6) is 0 Å². The first kappa shape index (κ1) is 21.4. The average molecular weight is 353 g/mol. The number of ether oxygens (including phenoxy) is 1. The van der Waals surface area contributed by atoms with E-state index in [9.17, 15) is 5.11 Å². The minimum Gasteiger partial charge on any atom is -0.416 e. The molecule has 0 amide bonds. The van der Waals surface area contributed by atoms with E-state index in [4.69, 9.17) is 9.16 Å². The summed E-state index contributed by atoms with van der Waals surface area (Å²) in [6, 6.07) is 10.2. The van der Waals surface area contributed by atoms with Crippen LogP contribution in [0.3, 0.4) is 0 Å². The lowest BCUT2D eigenvalue weighted by atomic mass is 9.85. The van der Waals surface area contributed by atoms with Crippen LogP contribution in [0.4, 0.5) is 0 Å². The topological polar surface area (TPSA) is 38.7 Å². The predicted octanol–water partition coefficient (Wildman–Crippen LogP) is 5.00. The number of aliphatic hydroxyl groups excluding tert-OH is 1. The Hall–Kier alpha value is -0.683. The predicted molar refractivity (Wildman–Crippen MR) is 104 cm³/mol. The van der Waals surface area contributed by atoms with Gasteiger partial charge in [0.1, 0.15) is 0 Å². The smallest absolute Gasteiger partial charge is 0.192 e. The zero-order valence-corrected chi connectivity index (χ0v) is 17.6. The minimum absolute atomic E-state index is 0.0347. The molecule has 1 atom stereocenters. The highest BCUT2D eigenvalue weighted by atomic mass is 28.4. The second-order valence-corrected chi connectivity index (χ2v) is 13.6. The molecular formula is C20H36O3Si. The zero-order valence-electron chi connectivity index (χ0n) is 16.6. The van der Waals surface area contributed by atoms with Gasteiger partial charge >= 0.3 is 0 Å². The molecule has 0 saturated carbocycles. The Labute approximate surface area is 149 Å². The lowest BCUT2D eigenvalue weighted by molar-refractivity contribution is -0.0652. The molecule has 0 fully saturated rings. The van der Waals surface area contributed by atoms with Crippen molar-refractivity contribution in [2.45, 2.75) is 71.9 Å². The Kier molecular flexibility index (Phi) is 7.66. The molecule has 1 rings (SSSR count). The summed E-state index contributed by atoms with van der Waals surface area (Å²) < 4.78 is 12.6. The first-order chi connectivity index (χ1) is 11.0. The van der Waals surface area contributed by atoms with E-state index in [1.54, 1.807) is 0 Å². The first-order valence-electron chi connectivity index (χ1n) is 8.90. The largest absolute Gasteiger partial charge is 0.416 e. The van der Waals surface area contributed by atoms with Gasteiger partial charge in [-0.1, -0.05) is 65.0 Å². The van der Waals surface area contributed by atoms with Crippen molar-refractivity contribution in [3.05, 3.63) is 35.9 Å². The first-order valence-corrected chi connectivity index (χ1v) is 11.8. The van der Waals surface area contributed by atoms with Gasteiger partial charge in [0.25, 0.3) is 0 Å². The number of hydrogen-bond donors (Lipinski definition) is 1. The lowest BCUT2D eigenvalue weighted by Gasteiger charge is -2.41. The highest BCUT2D eigenvalue weighted by molar-refractivity contribution is 6.74. The molecular weight excluding hydrogens is 316 g/mol. The molecule has 1 aromatic rings. The summed E-state index contributed by atoms with van der Waals surface area (Å²) in [5.41, 5.74) is 1.01. The van der Waals surface area contributed by atoms with Gasteiger partial charge in [-0.2, -0.15) is 0 Å². The summed E-state index contributed by atoms with van der Waals surface area (Å²) in [6.07, 6.45) is 0.591. The normalized spacial score (nSPS) is 14.7. The molecule has 0 radical (unpaired) electrons. The van der Waals surface area contributed by atoms with Gasteiger partial charge in [-0.15, -0.1) is 0 Å². The van der Waals surface area contributed by atoms with Crippen LogP contribution in [0.2, 0.25) is 18.1 Å². The average Bonchev–Trinajstić information content (AvgIpc) is 2.49. The molecule has 0 saturated heterocycles. The molecule has 0 unspecified atom stereocenters. The van der Waals surface area contributed by atoms with Gasteiger partial charge in [0.2, 0.25) is 0 Å². The molecule has 0 bridgehead atoms. The summed E-state index contributed by atoms with van der Waals surface area (Å²) in [6.45, 7) is 17.0. The van der Waals surface area contributed by atoms with Crippen molar-refractivity contribution in [1.29, 1.82) is 0 Å². The third kappa shape index (κ3) is 6.32. The summed E-state index contributed by atoms with van der Waals surface area (Å²) in [4.78, 5) is 0. The van der Waals surface area contributed by atoms with Crippen LogP contribution in [-0.4, -0.2) is 32.7 Å². The van der Waals surface area contributed by atoms with Crippen LogP contribution >= 0.6 is 0 Å². The molecule has 4 heteroatoms. The molecule has 138 valence electrons. The van der Waals surface area contributed by atoms with Crippen LogP contribution < -0.4 is 0 Å². The van der Waals surface area contributed by atoms with E-state index in [0.717, 1.165) is 5.56 Å². The molecule has 1 aromatic carbocycles. The fourth-order valence-electron chi connectivity index (χ4n) is 2.26. The van der Waals surface area contributed by atoms with Crippen molar-refractivity contribution in [2.24, 2.45) is 5.41 Å². The van der Waals surface area contributed by atoms with E-state index in [2.05, 4.69) is 59.8 Å². The van der Waals surface area contributed by atoms with Crippen LogP contribution in [0, 0.1) is 5.41 Å². The van der Waals surface area contributed by atoms with Crippen LogP contribution in [0.25, 0.3) is 0 Å². The van der Waals surface area contributed by atoms with Crippen LogP contribution in [0.1, 0.15) is 46.6 Å². The SMILES string of the molecule is CC(C)(CO[Si](C)(C)C(C)(C)C)[C@H](CCO)OCc1ccccc1. The maximum Gasteiger partial charge on any atom is 0.192 e. The van der Waals surface area contributed by atoms with Gasteiger partial charge in [0.15, 0.2) is 8.32 Å². The van der Waals surface area contributed by atoms with E-state index >= 15 is 0 Å². The zero-order chi connectivity index (χ0) is 18.4. The maximum absolute atomic E-state index is 9.44. The van der Waals surface area contributed by atoms with Crippen LogP contribution in [-0.2, 0) is 15.8 Å². The lowest BCUT2D eigenvalue weighted by Crippen LogP contribution is -2.46. The Morgan fingerprint density at radius 3 is 2.12 bits per heavy atom. The van der Waals surface area contributed by atoms with E-state index in [1.165, 1.54) is 0 Å². The van der Waals surface area contributed by atoms with Gasteiger partial charge in [-0.3, -0.25) is 0 Å². The van der Waals surface area contributed by atoms with E-state index < -0.39 is 8.32 Å². The van der Waals surface area contributed by atoms with Crippen molar-refractivity contribution >= 4 is 8.32 Å². The fourth-order valence-corrected chi connectivity index (χ4v) is 3.43. The van der Waals surface area contributed by atoms with Gasteiger partial charge in [-0.05, 0) is 30.1 Å². The summed E-state index contributed by atoms with van der Waals surface area (Å²) in [5, 5.41) is 9.64. The highest BCUT2D eigenvalue weighted by Crippen LogP contribution is 2.38. The quantitative estimate of drug-likeness (QED) is 0.635. The number of hydrogen-bond acceptors (Lipinski definition) is 3. The minimum atomic E-state index is -1.79. The second kappa shape index (κ2) is 8.61. The van der Waals surface area contributed by atoms with E-state index in [0.29, 0.717) is 19.6 Å². The second-order valence-electron chi connectivity index (χ2n) is 8.84. The van der Waals surface area contributed by atoms with Gasteiger partial charge in [-0.25, -0.2) is 0 Å². The molecule has 0 heterocycles. The molecule has 1 N–H and O–H groups in total. The van der Waals surface area contributed by atoms with Crippen LogP contribution in [0.15, 0.2) is 30.3 Å². The Morgan fingerprint density at radius 2 is 1.62 bits per heavy atom. The molecule has 3 nitrogen and oxygen atoms in total. The number of rotatable bonds is 9.